The van der Waals surface area contributed by atoms with Crippen LogP contribution in [0.4, 0.5) is 0 Å². The molecule has 1 saturated heterocycles. The number of para-hydroxylation sites is 1. The summed E-state index contributed by atoms with van der Waals surface area (Å²) in [5, 5.41) is 2.64. The summed E-state index contributed by atoms with van der Waals surface area (Å²) in [6.45, 7) is 1.44. The van der Waals surface area contributed by atoms with E-state index in [1.807, 2.05) is 41.3 Å². The minimum Gasteiger partial charge on any atom is -0.484 e. The van der Waals surface area contributed by atoms with Crippen LogP contribution in [0.25, 0.3) is 0 Å². The third-order valence-corrected chi connectivity index (χ3v) is 4.56. The number of rotatable bonds is 7. The van der Waals surface area contributed by atoms with E-state index in [9.17, 15) is 9.59 Å². The molecule has 0 aromatic heterocycles. The van der Waals surface area contributed by atoms with Gasteiger partial charge in [0.05, 0.1) is 6.54 Å². The minimum absolute atomic E-state index is 0.0229. The molecule has 0 saturated carbocycles. The van der Waals surface area contributed by atoms with E-state index in [0.717, 1.165) is 25.9 Å². The van der Waals surface area contributed by atoms with Crippen LogP contribution in [0.5, 0.6) is 5.75 Å². The van der Waals surface area contributed by atoms with Gasteiger partial charge in [0.2, 0.25) is 5.91 Å². The summed E-state index contributed by atoms with van der Waals surface area (Å²) < 4.78 is 5.37. The Bertz CT molecular complexity index is 719. The van der Waals surface area contributed by atoms with Crippen LogP contribution in [0.15, 0.2) is 60.7 Å². The van der Waals surface area contributed by atoms with Gasteiger partial charge in [0.25, 0.3) is 5.91 Å². The van der Waals surface area contributed by atoms with Crippen LogP contribution in [0.3, 0.4) is 0 Å². The molecule has 3 rings (SSSR count). The van der Waals surface area contributed by atoms with Gasteiger partial charge in [-0.3, -0.25) is 9.59 Å². The number of nitrogens with one attached hydrogen (secondary N) is 1. The number of carbonyl (C=O) groups excluding carboxylic acids is 2. The van der Waals surface area contributed by atoms with Crippen molar-refractivity contribution in [3.8, 4) is 5.75 Å². The Balaban J connectivity index is 1.36. The van der Waals surface area contributed by atoms with Gasteiger partial charge in [0.15, 0.2) is 6.61 Å². The maximum absolute atomic E-state index is 12.3. The van der Waals surface area contributed by atoms with Crippen molar-refractivity contribution in [2.45, 2.75) is 12.8 Å². The summed E-state index contributed by atoms with van der Waals surface area (Å²) in [6.07, 6.45) is 1.99. The Morgan fingerprint density at radius 1 is 1.04 bits per heavy atom. The van der Waals surface area contributed by atoms with Gasteiger partial charge in [-0.15, -0.1) is 0 Å². The first kappa shape index (κ1) is 18.0. The van der Waals surface area contributed by atoms with Crippen molar-refractivity contribution >= 4 is 11.8 Å². The number of likely N-dealkylation sites (tertiary alicyclic amines) is 1. The van der Waals surface area contributed by atoms with Crippen molar-refractivity contribution < 1.29 is 14.3 Å². The molecule has 1 aliphatic rings. The molecule has 0 spiro atoms. The van der Waals surface area contributed by atoms with Crippen LogP contribution in [0.1, 0.15) is 12.0 Å². The Morgan fingerprint density at radius 3 is 2.46 bits per heavy atom. The lowest BCUT2D eigenvalue weighted by Gasteiger charge is -2.17. The zero-order chi connectivity index (χ0) is 18.2. The molecule has 0 radical (unpaired) electrons. The monoisotopic (exact) mass is 352 g/mol. The van der Waals surface area contributed by atoms with Crippen LogP contribution < -0.4 is 10.1 Å². The van der Waals surface area contributed by atoms with Crippen molar-refractivity contribution in [2.24, 2.45) is 5.92 Å². The van der Waals surface area contributed by atoms with Gasteiger partial charge < -0.3 is 15.0 Å². The number of hydrogen-bond donors (Lipinski definition) is 1. The van der Waals surface area contributed by atoms with Gasteiger partial charge in [0.1, 0.15) is 5.75 Å². The van der Waals surface area contributed by atoms with Gasteiger partial charge in [-0.2, -0.15) is 0 Å². The molecule has 1 heterocycles. The molecule has 0 aliphatic carbocycles. The number of ether oxygens (including phenoxy) is 1. The molecule has 2 aromatic carbocycles. The average Bonchev–Trinajstić information content (AvgIpc) is 3.14. The molecule has 5 heteroatoms. The number of benzene rings is 2. The van der Waals surface area contributed by atoms with Gasteiger partial charge in [0, 0.05) is 13.1 Å². The largest absolute Gasteiger partial charge is 0.484 e. The molecule has 1 N–H and O–H groups in total. The molecule has 1 atom stereocenters. The van der Waals surface area contributed by atoms with E-state index in [-0.39, 0.29) is 25.0 Å². The van der Waals surface area contributed by atoms with Gasteiger partial charge in [-0.05, 0) is 36.5 Å². The van der Waals surface area contributed by atoms with E-state index in [4.69, 9.17) is 4.74 Å². The highest BCUT2D eigenvalue weighted by atomic mass is 16.5. The zero-order valence-electron chi connectivity index (χ0n) is 14.8. The lowest BCUT2D eigenvalue weighted by molar-refractivity contribution is -0.132. The summed E-state index contributed by atoms with van der Waals surface area (Å²) in [5.74, 6) is 0.798. The third kappa shape index (κ3) is 5.34. The molecule has 1 fully saturated rings. The number of carbonyl (C=O) groups is 2. The highest BCUT2D eigenvalue weighted by molar-refractivity contribution is 5.85. The number of hydrogen-bond acceptors (Lipinski definition) is 3. The van der Waals surface area contributed by atoms with E-state index in [2.05, 4.69) is 17.4 Å². The fourth-order valence-corrected chi connectivity index (χ4v) is 3.18. The fourth-order valence-electron chi connectivity index (χ4n) is 3.18. The summed E-state index contributed by atoms with van der Waals surface area (Å²) in [7, 11) is 0. The third-order valence-electron chi connectivity index (χ3n) is 4.56. The molecular formula is C21H24N2O3. The van der Waals surface area contributed by atoms with E-state index < -0.39 is 0 Å². The molecule has 1 aliphatic heterocycles. The SMILES string of the molecule is O=C(COc1ccccc1)NCC(=O)N1CCC(Cc2ccccc2)C1. The second-order valence-electron chi connectivity index (χ2n) is 6.56. The molecule has 1 unspecified atom stereocenters. The Kier molecular flexibility index (Phi) is 6.25. The van der Waals surface area contributed by atoms with Crippen molar-refractivity contribution in [3.63, 3.8) is 0 Å². The molecule has 2 aromatic rings. The fraction of sp³-hybridized carbons (Fsp3) is 0.333. The summed E-state index contributed by atoms with van der Waals surface area (Å²) in [4.78, 5) is 26.0. The predicted molar refractivity (Wildman–Crippen MR) is 99.8 cm³/mol. The van der Waals surface area contributed by atoms with Crippen LogP contribution >= 0.6 is 0 Å². The quantitative estimate of drug-likeness (QED) is 0.832. The lowest BCUT2D eigenvalue weighted by atomic mass is 9.99. The lowest BCUT2D eigenvalue weighted by Crippen LogP contribution is -2.40. The topological polar surface area (TPSA) is 58.6 Å². The molecule has 5 nitrogen and oxygen atoms in total. The zero-order valence-corrected chi connectivity index (χ0v) is 14.8. The molecule has 0 bridgehead atoms. The Labute approximate surface area is 154 Å². The van der Waals surface area contributed by atoms with E-state index >= 15 is 0 Å². The van der Waals surface area contributed by atoms with Crippen LogP contribution in [-0.2, 0) is 16.0 Å². The first-order valence-electron chi connectivity index (χ1n) is 8.97. The highest BCUT2D eigenvalue weighted by Gasteiger charge is 2.26. The van der Waals surface area contributed by atoms with E-state index in [1.54, 1.807) is 12.1 Å². The second kappa shape index (κ2) is 9.04. The first-order valence-corrected chi connectivity index (χ1v) is 8.97. The predicted octanol–water partition coefficient (Wildman–Crippen LogP) is 2.27. The summed E-state index contributed by atoms with van der Waals surface area (Å²) in [6, 6.07) is 19.5. The normalized spacial score (nSPS) is 16.3. The van der Waals surface area contributed by atoms with Crippen LogP contribution in [-0.4, -0.2) is 43.0 Å². The van der Waals surface area contributed by atoms with Crippen molar-refractivity contribution in [1.82, 2.24) is 10.2 Å². The number of nitrogens with zero attached hydrogens (tertiary/aromatic N) is 1. The Hall–Kier alpha value is -2.82. The standard InChI is InChI=1S/C21H24N2O3/c24-20(16-26-19-9-5-2-6-10-19)22-14-21(25)23-12-11-18(15-23)13-17-7-3-1-4-8-17/h1-10,18H,11-16H2,(H,22,24). The molecule has 2 amide bonds. The van der Waals surface area contributed by atoms with Crippen LogP contribution in [0, 0.1) is 5.92 Å². The first-order chi connectivity index (χ1) is 12.7. The smallest absolute Gasteiger partial charge is 0.258 e. The van der Waals surface area contributed by atoms with Gasteiger partial charge in [-0.25, -0.2) is 0 Å². The van der Waals surface area contributed by atoms with Crippen molar-refractivity contribution in [3.05, 3.63) is 66.2 Å². The van der Waals surface area contributed by atoms with E-state index in [0.29, 0.717) is 11.7 Å². The minimum atomic E-state index is -0.290. The Morgan fingerprint density at radius 2 is 1.73 bits per heavy atom. The molecular weight excluding hydrogens is 328 g/mol. The molecule has 26 heavy (non-hydrogen) atoms. The van der Waals surface area contributed by atoms with Crippen molar-refractivity contribution in [1.29, 1.82) is 0 Å². The summed E-state index contributed by atoms with van der Waals surface area (Å²) in [5.41, 5.74) is 1.30. The highest BCUT2D eigenvalue weighted by Crippen LogP contribution is 2.20. The van der Waals surface area contributed by atoms with Crippen molar-refractivity contribution in [2.75, 3.05) is 26.2 Å². The average molecular weight is 352 g/mol. The van der Waals surface area contributed by atoms with Gasteiger partial charge >= 0.3 is 0 Å². The maximum Gasteiger partial charge on any atom is 0.258 e. The number of amides is 2. The molecule has 136 valence electrons. The maximum atomic E-state index is 12.3. The summed E-state index contributed by atoms with van der Waals surface area (Å²) >= 11 is 0. The van der Waals surface area contributed by atoms with E-state index in [1.165, 1.54) is 5.56 Å². The van der Waals surface area contributed by atoms with Gasteiger partial charge in [-0.1, -0.05) is 48.5 Å². The second-order valence-corrected chi connectivity index (χ2v) is 6.56. The van der Waals surface area contributed by atoms with Crippen LogP contribution in [0.2, 0.25) is 0 Å².